The SMILES string of the molecule is Nc1ncnn2c(C3CCCCC3)nc(-c3cc4cccc(-c5cccc(F)c5)c4[nH]3)c12. The minimum atomic E-state index is -0.256. The maximum atomic E-state index is 13.9. The number of hydrogen-bond acceptors (Lipinski definition) is 4. The Morgan fingerprint density at radius 3 is 2.72 bits per heavy atom. The summed E-state index contributed by atoms with van der Waals surface area (Å²) in [7, 11) is 0. The number of halogens is 1. The number of nitrogens with zero attached hydrogens (tertiary/aromatic N) is 4. The number of anilines is 1. The largest absolute Gasteiger partial charge is 0.382 e. The van der Waals surface area contributed by atoms with Gasteiger partial charge in [-0.3, -0.25) is 0 Å². The lowest BCUT2D eigenvalue weighted by atomic mass is 9.89. The lowest BCUT2D eigenvalue weighted by Gasteiger charge is -2.19. The molecular weight excluding hydrogens is 403 g/mol. The van der Waals surface area contributed by atoms with E-state index in [1.165, 1.54) is 31.7 Å². The molecule has 6 rings (SSSR count). The van der Waals surface area contributed by atoms with Crippen LogP contribution in [0.5, 0.6) is 0 Å². The van der Waals surface area contributed by atoms with Gasteiger partial charge in [-0.15, -0.1) is 0 Å². The molecule has 6 nitrogen and oxygen atoms in total. The molecule has 1 saturated carbocycles. The molecule has 0 atom stereocenters. The summed E-state index contributed by atoms with van der Waals surface area (Å²) in [6.07, 6.45) is 7.40. The molecule has 1 aliphatic carbocycles. The fourth-order valence-electron chi connectivity index (χ4n) is 4.97. The van der Waals surface area contributed by atoms with Crippen LogP contribution >= 0.6 is 0 Å². The lowest BCUT2D eigenvalue weighted by Crippen LogP contribution is -2.10. The first-order valence-corrected chi connectivity index (χ1v) is 11.1. The first-order valence-electron chi connectivity index (χ1n) is 11.1. The summed E-state index contributed by atoms with van der Waals surface area (Å²) in [5.41, 5.74) is 11.3. The number of para-hydroxylation sites is 1. The van der Waals surface area contributed by atoms with Gasteiger partial charge in [0.1, 0.15) is 29.2 Å². The molecule has 0 spiro atoms. The highest BCUT2D eigenvalue weighted by molar-refractivity contribution is 5.98. The van der Waals surface area contributed by atoms with Gasteiger partial charge < -0.3 is 10.7 Å². The second kappa shape index (κ2) is 7.44. The first-order chi connectivity index (χ1) is 15.7. The van der Waals surface area contributed by atoms with Crippen molar-refractivity contribution in [2.24, 2.45) is 0 Å². The Morgan fingerprint density at radius 2 is 1.88 bits per heavy atom. The molecule has 0 radical (unpaired) electrons. The van der Waals surface area contributed by atoms with E-state index >= 15 is 0 Å². The first kappa shape index (κ1) is 19.0. The quantitative estimate of drug-likeness (QED) is 0.387. The molecule has 0 bridgehead atoms. The van der Waals surface area contributed by atoms with Gasteiger partial charge in [0.25, 0.3) is 0 Å². The maximum Gasteiger partial charge on any atom is 0.153 e. The van der Waals surface area contributed by atoms with Crippen LogP contribution in [0.2, 0.25) is 0 Å². The zero-order chi connectivity index (χ0) is 21.7. The van der Waals surface area contributed by atoms with Crippen LogP contribution in [0.1, 0.15) is 43.8 Å². The van der Waals surface area contributed by atoms with E-state index in [1.807, 2.05) is 28.8 Å². The number of H-pyrrole nitrogens is 1. The van der Waals surface area contributed by atoms with E-state index in [0.29, 0.717) is 11.7 Å². The summed E-state index contributed by atoms with van der Waals surface area (Å²) in [6.45, 7) is 0. The monoisotopic (exact) mass is 426 g/mol. The average Bonchev–Trinajstić information content (AvgIpc) is 3.42. The number of imidazole rings is 1. The van der Waals surface area contributed by atoms with Crippen molar-refractivity contribution in [1.29, 1.82) is 0 Å². The van der Waals surface area contributed by atoms with Crippen LogP contribution in [0, 0.1) is 5.82 Å². The van der Waals surface area contributed by atoms with E-state index in [9.17, 15) is 4.39 Å². The summed E-state index contributed by atoms with van der Waals surface area (Å²) in [4.78, 5) is 12.8. The zero-order valence-electron chi connectivity index (χ0n) is 17.6. The maximum absolute atomic E-state index is 13.9. The minimum absolute atomic E-state index is 0.256. The van der Waals surface area contributed by atoms with Crippen molar-refractivity contribution < 1.29 is 4.39 Å². The number of hydrogen-bond donors (Lipinski definition) is 2. The highest BCUT2D eigenvalue weighted by Gasteiger charge is 2.25. The van der Waals surface area contributed by atoms with E-state index < -0.39 is 0 Å². The minimum Gasteiger partial charge on any atom is -0.382 e. The van der Waals surface area contributed by atoms with Gasteiger partial charge >= 0.3 is 0 Å². The number of rotatable bonds is 3. The summed E-state index contributed by atoms with van der Waals surface area (Å²) in [5, 5.41) is 5.53. The van der Waals surface area contributed by atoms with E-state index in [0.717, 1.165) is 57.6 Å². The molecule has 3 aromatic heterocycles. The van der Waals surface area contributed by atoms with Crippen LogP contribution in [0.15, 0.2) is 54.9 Å². The number of benzene rings is 2. The second-order valence-corrected chi connectivity index (χ2v) is 8.52. The van der Waals surface area contributed by atoms with Crippen molar-refractivity contribution in [3.63, 3.8) is 0 Å². The van der Waals surface area contributed by atoms with Gasteiger partial charge in [0.05, 0.1) is 11.2 Å². The number of nitrogens with two attached hydrogens (primary N) is 1. The van der Waals surface area contributed by atoms with Gasteiger partial charge in [0, 0.05) is 16.9 Å². The second-order valence-electron chi connectivity index (χ2n) is 8.52. The Balaban J connectivity index is 1.55. The molecule has 0 aliphatic heterocycles. The van der Waals surface area contributed by atoms with Crippen LogP contribution in [0.3, 0.4) is 0 Å². The molecule has 2 aromatic carbocycles. The van der Waals surface area contributed by atoms with Crippen molar-refractivity contribution in [1.82, 2.24) is 24.6 Å². The van der Waals surface area contributed by atoms with E-state index in [1.54, 1.807) is 12.1 Å². The summed E-state index contributed by atoms with van der Waals surface area (Å²) in [6, 6.07) is 14.7. The normalized spacial score (nSPS) is 15.0. The topological polar surface area (TPSA) is 84.9 Å². The van der Waals surface area contributed by atoms with Crippen LogP contribution in [-0.2, 0) is 0 Å². The molecule has 5 aromatic rings. The molecule has 32 heavy (non-hydrogen) atoms. The van der Waals surface area contributed by atoms with Crippen LogP contribution in [0.4, 0.5) is 10.2 Å². The highest BCUT2D eigenvalue weighted by atomic mass is 19.1. The molecule has 3 N–H and O–H groups in total. The van der Waals surface area contributed by atoms with Gasteiger partial charge in [-0.2, -0.15) is 5.10 Å². The third kappa shape index (κ3) is 3.04. The smallest absolute Gasteiger partial charge is 0.153 e. The van der Waals surface area contributed by atoms with Crippen molar-refractivity contribution in [2.75, 3.05) is 5.73 Å². The van der Waals surface area contributed by atoms with Crippen LogP contribution < -0.4 is 5.73 Å². The molecule has 0 saturated heterocycles. The Labute approximate surface area is 184 Å². The number of fused-ring (bicyclic) bond motifs is 2. The Bertz CT molecular complexity index is 1440. The van der Waals surface area contributed by atoms with Gasteiger partial charge in [0.2, 0.25) is 0 Å². The molecule has 160 valence electrons. The van der Waals surface area contributed by atoms with Crippen LogP contribution in [-0.4, -0.2) is 24.6 Å². The van der Waals surface area contributed by atoms with Crippen molar-refractivity contribution in [2.45, 2.75) is 38.0 Å². The predicted molar refractivity (Wildman–Crippen MR) is 124 cm³/mol. The lowest BCUT2D eigenvalue weighted by molar-refractivity contribution is 0.424. The van der Waals surface area contributed by atoms with Gasteiger partial charge in [-0.25, -0.2) is 18.9 Å². The zero-order valence-corrected chi connectivity index (χ0v) is 17.6. The van der Waals surface area contributed by atoms with Crippen LogP contribution in [0.25, 0.3) is 38.9 Å². The van der Waals surface area contributed by atoms with Crippen molar-refractivity contribution in [3.05, 3.63) is 66.5 Å². The predicted octanol–water partition coefficient (Wildman–Crippen LogP) is 5.71. The Morgan fingerprint density at radius 1 is 1.03 bits per heavy atom. The summed E-state index contributed by atoms with van der Waals surface area (Å²) < 4.78 is 15.7. The van der Waals surface area contributed by atoms with Gasteiger partial charge in [0.15, 0.2) is 5.82 Å². The average molecular weight is 426 g/mol. The molecule has 1 fully saturated rings. The van der Waals surface area contributed by atoms with E-state index in [-0.39, 0.29) is 5.82 Å². The summed E-state index contributed by atoms with van der Waals surface area (Å²) in [5.74, 6) is 1.47. The van der Waals surface area contributed by atoms with Crippen molar-refractivity contribution in [3.8, 4) is 22.5 Å². The van der Waals surface area contributed by atoms with E-state index in [2.05, 4.69) is 21.1 Å². The number of aromatic nitrogens is 5. The fourth-order valence-corrected chi connectivity index (χ4v) is 4.97. The number of nitrogen functional groups attached to an aromatic ring is 1. The Kier molecular flexibility index (Phi) is 4.41. The fraction of sp³-hybridized carbons (Fsp3) is 0.240. The van der Waals surface area contributed by atoms with Gasteiger partial charge in [-0.1, -0.05) is 49.6 Å². The number of nitrogens with one attached hydrogen (secondary N) is 1. The molecule has 7 heteroatoms. The summed E-state index contributed by atoms with van der Waals surface area (Å²) >= 11 is 0. The third-order valence-corrected chi connectivity index (χ3v) is 6.50. The molecule has 1 aliphatic rings. The standard InChI is InChI=1S/C25H23FN6/c26-18-10-4-8-16(12-18)19-11-5-9-17-13-20(30-21(17)19)22-23-24(27)28-14-29-32(23)25(31-22)15-6-2-1-3-7-15/h4-5,8-15,30H,1-3,6-7H2,(H2,27,28,29). The van der Waals surface area contributed by atoms with Gasteiger partial charge in [-0.05, 0) is 36.6 Å². The molecule has 0 unspecified atom stereocenters. The third-order valence-electron chi connectivity index (χ3n) is 6.50. The van der Waals surface area contributed by atoms with Crippen molar-refractivity contribution >= 4 is 22.2 Å². The Hall–Kier alpha value is -3.74. The molecule has 3 heterocycles. The highest BCUT2D eigenvalue weighted by Crippen LogP contribution is 2.38. The molecular formula is C25H23FN6. The molecule has 0 amide bonds. The van der Waals surface area contributed by atoms with E-state index in [4.69, 9.17) is 10.7 Å². The number of aromatic amines is 1.